The van der Waals surface area contributed by atoms with Gasteiger partial charge in [-0.15, -0.1) is 0 Å². The quantitative estimate of drug-likeness (QED) is 0.341. The monoisotopic (exact) mass is 551 g/mol. The van der Waals surface area contributed by atoms with E-state index in [1.54, 1.807) is 7.05 Å². The second kappa shape index (κ2) is 14.1. The van der Waals surface area contributed by atoms with Gasteiger partial charge in [-0.2, -0.15) is 0 Å². The predicted molar refractivity (Wildman–Crippen MR) is 157 cm³/mol. The van der Waals surface area contributed by atoms with Crippen LogP contribution in [0.5, 0.6) is 0 Å². The molecule has 0 radical (unpaired) electrons. The van der Waals surface area contributed by atoms with Crippen LogP contribution in [0.25, 0.3) is 0 Å². The van der Waals surface area contributed by atoms with Gasteiger partial charge in [-0.3, -0.25) is 29.0 Å². The first kappa shape index (κ1) is 35.0. The molecule has 0 bridgehead atoms. The Labute approximate surface area is 237 Å². The van der Waals surface area contributed by atoms with E-state index in [1.165, 1.54) is 4.90 Å². The largest absolute Gasteiger partial charge is 0.349 e. The summed E-state index contributed by atoms with van der Waals surface area (Å²) in [4.78, 5) is 61.0. The van der Waals surface area contributed by atoms with Gasteiger partial charge >= 0.3 is 0 Å². The summed E-state index contributed by atoms with van der Waals surface area (Å²) in [7, 11) is 5.33. The van der Waals surface area contributed by atoms with Crippen LogP contribution in [-0.2, 0) is 19.2 Å². The number of amides is 3. The number of carbonyl (C=O) groups excluding carboxylic acids is 4. The molecule has 1 aliphatic rings. The minimum atomic E-state index is -1.34. The molecule has 0 spiro atoms. The van der Waals surface area contributed by atoms with Crippen molar-refractivity contribution in [2.24, 2.45) is 17.8 Å². The Hall–Kier alpha value is -2.00. The summed E-state index contributed by atoms with van der Waals surface area (Å²) >= 11 is 0. The Morgan fingerprint density at radius 1 is 0.897 bits per heavy atom. The van der Waals surface area contributed by atoms with Gasteiger partial charge in [-0.05, 0) is 85.0 Å². The molecular formula is C30H57N5O4. The van der Waals surface area contributed by atoms with Gasteiger partial charge < -0.3 is 15.5 Å². The summed E-state index contributed by atoms with van der Waals surface area (Å²) in [5.74, 6) is -1.45. The van der Waals surface area contributed by atoms with Crippen molar-refractivity contribution >= 4 is 23.5 Å². The smallest absolute Gasteiger partial charge is 0.248 e. The Bertz CT molecular complexity index is 856. The van der Waals surface area contributed by atoms with Crippen LogP contribution >= 0.6 is 0 Å². The van der Waals surface area contributed by atoms with Crippen LogP contribution in [-0.4, -0.2) is 102 Å². The van der Waals surface area contributed by atoms with Crippen molar-refractivity contribution in [1.82, 2.24) is 25.3 Å². The van der Waals surface area contributed by atoms with Crippen molar-refractivity contribution in [3.63, 3.8) is 0 Å². The number of hydrogen-bond acceptors (Lipinski definition) is 6. The zero-order valence-corrected chi connectivity index (χ0v) is 27.0. The minimum absolute atomic E-state index is 0.0544. The first-order valence-electron chi connectivity index (χ1n) is 14.7. The molecule has 2 N–H and O–H groups in total. The van der Waals surface area contributed by atoms with E-state index in [0.717, 1.165) is 12.8 Å². The molecule has 0 saturated carbocycles. The predicted octanol–water partition coefficient (Wildman–Crippen LogP) is 2.92. The summed E-state index contributed by atoms with van der Waals surface area (Å²) in [6.45, 7) is 20.6. The molecule has 4 atom stereocenters. The van der Waals surface area contributed by atoms with E-state index in [9.17, 15) is 19.2 Å². The first-order chi connectivity index (χ1) is 17.8. The molecular weight excluding hydrogens is 494 g/mol. The number of likely N-dealkylation sites (N-methyl/N-ethyl adjacent to an activating group) is 2. The van der Waals surface area contributed by atoms with Gasteiger partial charge in [0.2, 0.25) is 17.7 Å². The summed E-state index contributed by atoms with van der Waals surface area (Å²) in [6, 6.07) is -2.02. The zero-order valence-electron chi connectivity index (χ0n) is 27.0. The Balaban J connectivity index is 3.48. The number of hydrogen-bond donors (Lipinski definition) is 2. The molecule has 1 saturated heterocycles. The lowest BCUT2D eigenvalue weighted by Gasteiger charge is -2.43. The van der Waals surface area contributed by atoms with E-state index >= 15 is 0 Å². The standard InChI is InChI=1S/C30H57N5O4/c1-14-17-35-18-15-16-30(35,28(39)32-29(8,9)10)25(36)23(20(4)5)34(13)27(38)22(19(2)3)31-26(37)24(21(6)7)33(11)12/h19-24H,14-18H2,1-13H3,(H,31,37)(H,32,39)/t22-,23-,24-,30+/m0/s1. The van der Waals surface area contributed by atoms with Gasteiger partial charge in [-0.25, -0.2) is 0 Å². The maximum atomic E-state index is 14.6. The molecule has 226 valence electrons. The molecule has 0 aromatic heterocycles. The molecule has 0 unspecified atom stereocenters. The molecule has 3 amide bonds. The van der Waals surface area contributed by atoms with Gasteiger partial charge in [0, 0.05) is 12.6 Å². The number of nitrogens with one attached hydrogen (secondary N) is 2. The van der Waals surface area contributed by atoms with Crippen LogP contribution in [0, 0.1) is 17.8 Å². The minimum Gasteiger partial charge on any atom is -0.349 e. The van der Waals surface area contributed by atoms with E-state index in [0.29, 0.717) is 19.5 Å². The lowest BCUT2D eigenvalue weighted by Crippen LogP contribution is -2.68. The average Bonchev–Trinajstić information content (AvgIpc) is 3.19. The SMILES string of the molecule is CCCN1CCC[C@]1(C(=O)NC(C)(C)C)C(=O)[C@H](C(C)C)N(C)C(=O)[C@@H](NC(=O)[C@H](C(C)C)N(C)C)C(C)C. The van der Waals surface area contributed by atoms with Crippen LogP contribution in [0.3, 0.4) is 0 Å². The fourth-order valence-electron chi connectivity index (χ4n) is 5.95. The second-order valence-corrected chi connectivity index (χ2v) is 13.5. The lowest BCUT2D eigenvalue weighted by atomic mass is 9.80. The number of rotatable bonds is 13. The molecule has 9 nitrogen and oxygen atoms in total. The third-order valence-corrected chi connectivity index (χ3v) is 7.62. The highest BCUT2D eigenvalue weighted by molar-refractivity contribution is 6.14. The highest BCUT2D eigenvalue weighted by Gasteiger charge is 2.57. The number of ketones is 1. The van der Waals surface area contributed by atoms with Crippen molar-refractivity contribution < 1.29 is 19.2 Å². The molecule has 0 aromatic carbocycles. The fraction of sp³-hybridized carbons (Fsp3) is 0.867. The van der Waals surface area contributed by atoms with Gasteiger partial charge in [0.1, 0.15) is 6.04 Å². The number of carbonyl (C=O) groups is 4. The topological polar surface area (TPSA) is 102 Å². The van der Waals surface area contributed by atoms with Crippen molar-refractivity contribution in [2.45, 2.75) is 118 Å². The third-order valence-electron chi connectivity index (χ3n) is 7.62. The summed E-state index contributed by atoms with van der Waals surface area (Å²) < 4.78 is 0. The molecule has 1 fully saturated rings. The molecule has 1 aliphatic heterocycles. The highest BCUT2D eigenvalue weighted by atomic mass is 16.2. The van der Waals surface area contributed by atoms with Gasteiger partial charge in [0.05, 0.1) is 12.1 Å². The van der Waals surface area contributed by atoms with E-state index in [2.05, 4.69) is 10.6 Å². The van der Waals surface area contributed by atoms with Crippen LogP contribution in [0.1, 0.15) is 88.5 Å². The summed E-state index contributed by atoms with van der Waals surface area (Å²) in [5.41, 5.74) is -1.84. The van der Waals surface area contributed by atoms with Crippen molar-refractivity contribution in [3.05, 3.63) is 0 Å². The number of likely N-dealkylation sites (tertiary alicyclic amines) is 1. The highest BCUT2D eigenvalue weighted by Crippen LogP contribution is 2.35. The van der Waals surface area contributed by atoms with E-state index in [4.69, 9.17) is 0 Å². The molecule has 39 heavy (non-hydrogen) atoms. The molecule has 0 aliphatic carbocycles. The Morgan fingerprint density at radius 2 is 1.44 bits per heavy atom. The van der Waals surface area contributed by atoms with E-state index in [-0.39, 0.29) is 41.3 Å². The average molecular weight is 552 g/mol. The van der Waals surface area contributed by atoms with Crippen molar-refractivity contribution in [1.29, 1.82) is 0 Å². The normalized spacial score (nSPS) is 20.8. The van der Waals surface area contributed by atoms with Crippen LogP contribution in [0.2, 0.25) is 0 Å². The van der Waals surface area contributed by atoms with Crippen LogP contribution < -0.4 is 10.6 Å². The van der Waals surface area contributed by atoms with Gasteiger partial charge in [0.25, 0.3) is 0 Å². The van der Waals surface area contributed by atoms with Gasteiger partial charge in [-0.1, -0.05) is 48.5 Å². The Kier molecular flexibility index (Phi) is 12.6. The van der Waals surface area contributed by atoms with Crippen LogP contribution in [0.4, 0.5) is 0 Å². The van der Waals surface area contributed by atoms with Gasteiger partial charge in [0.15, 0.2) is 11.3 Å². The molecule has 9 heteroatoms. The second-order valence-electron chi connectivity index (χ2n) is 13.5. The lowest BCUT2D eigenvalue weighted by molar-refractivity contribution is -0.153. The Morgan fingerprint density at radius 3 is 1.85 bits per heavy atom. The number of nitrogens with zero attached hydrogens (tertiary/aromatic N) is 3. The zero-order chi connectivity index (χ0) is 30.5. The maximum Gasteiger partial charge on any atom is 0.248 e. The van der Waals surface area contributed by atoms with Crippen molar-refractivity contribution in [2.75, 3.05) is 34.2 Å². The molecule has 1 rings (SSSR count). The number of Topliss-reactive ketones (excluding diaryl/α,β-unsaturated/α-hetero) is 1. The van der Waals surface area contributed by atoms with E-state index in [1.807, 2.05) is 93.1 Å². The van der Waals surface area contributed by atoms with Crippen molar-refractivity contribution in [3.8, 4) is 0 Å². The molecule has 0 aromatic rings. The summed E-state index contributed by atoms with van der Waals surface area (Å²) in [6.07, 6.45) is 1.96. The van der Waals surface area contributed by atoms with E-state index < -0.39 is 29.2 Å². The first-order valence-corrected chi connectivity index (χ1v) is 14.7. The fourth-order valence-corrected chi connectivity index (χ4v) is 5.95. The maximum absolute atomic E-state index is 14.6. The van der Waals surface area contributed by atoms with Crippen LogP contribution in [0.15, 0.2) is 0 Å². The molecule has 1 heterocycles. The third kappa shape index (κ3) is 8.26. The summed E-state index contributed by atoms with van der Waals surface area (Å²) in [5, 5.41) is 6.05.